The van der Waals surface area contributed by atoms with Crippen molar-refractivity contribution in [2.45, 2.75) is 32.9 Å². The van der Waals surface area contributed by atoms with Gasteiger partial charge < -0.3 is 15.4 Å². The number of nitrogens with zero attached hydrogens (tertiary/aromatic N) is 1. The summed E-state index contributed by atoms with van der Waals surface area (Å²) >= 11 is 0. The van der Waals surface area contributed by atoms with Crippen molar-refractivity contribution in [3.63, 3.8) is 0 Å². The van der Waals surface area contributed by atoms with Gasteiger partial charge in [0.15, 0.2) is 0 Å². The second-order valence-electron chi connectivity index (χ2n) is 5.41. The van der Waals surface area contributed by atoms with E-state index in [4.69, 9.17) is 4.74 Å². The third-order valence-electron chi connectivity index (χ3n) is 3.64. The smallest absolute Gasteiger partial charge is 0.270 e. The van der Waals surface area contributed by atoms with Crippen molar-refractivity contribution >= 4 is 11.6 Å². The number of hydrogen-bond acceptors (Lipinski definition) is 4. The standard InChI is InChI=1S/C18H23N3O2/c1-4-13(2)21-18(22)17-11-15(9-10-19-17)20-12-14-5-7-16(23-3)8-6-14/h5-11,13H,4,12H2,1-3H3,(H,19,20)(H,21,22). The van der Waals surface area contributed by atoms with E-state index in [2.05, 4.69) is 15.6 Å². The largest absolute Gasteiger partial charge is 0.497 e. The van der Waals surface area contributed by atoms with E-state index in [1.165, 1.54) is 0 Å². The first-order chi connectivity index (χ1) is 11.1. The van der Waals surface area contributed by atoms with Gasteiger partial charge in [0.05, 0.1) is 7.11 Å². The van der Waals surface area contributed by atoms with E-state index < -0.39 is 0 Å². The van der Waals surface area contributed by atoms with Gasteiger partial charge in [0.25, 0.3) is 5.91 Å². The molecule has 1 heterocycles. The van der Waals surface area contributed by atoms with Crippen LogP contribution in [0.2, 0.25) is 0 Å². The van der Waals surface area contributed by atoms with Gasteiger partial charge in [-0.1, -0.05) is 19.1 Å². The zero-order valence-electron chi connectivity index (χ0n) is 13.8. The van der Waals surface area contributed by atoms with Crippen LogP contribution in [-0.2, 0) is 6.54 Å². The van der Waals surface area contributed by atoms with Gasteiger partial charge in [-0.25, -0.2) is 0 Å². The van der Waals surface area contributed by atoms with Crippen molar-refractivity contribution in [1.29, 1.82) is 0 Å². The summed E-state index contributed by atoms with van der Waals surface area (Å²) in [6.07, 6.45) is 2.53. The second-order valence-corrected chi connectivity index (χ2v) is 5.41. The molecule has 2 rings (SSSR count). The Labute approximate surface area is 137 Å². The Morgan fingerprint density at radius 2 is 2.00 bits per heavy atom. The molecule has 0 aliphatic heterocycles. The van der Waals surface area contributed by atoms with Gasteiger partial charge in [-0.3, -0.25) is 9.78 Å². The van der Waals surface area contributed by atoms with Crippen molar-refractivity contribution in [2.75, 3.05) is 12.4 Å². The van der Waals surface area contributed by atoms with Gasteiger partial charge >= 0.3 is 0 Å². The number of pyridine rings is 1. The Morgan fingerprint density at radius 3 is 2.65 bits per heavy atom. The van der Waals surface area contributed by atoms with E-state index in [9.17, 15) is 4.79 Å². The molecule has 5 heteroatoms. The normalized spacial score (nSPS) is 11.6. The molecule has 2 N–H and O–H groups in total. The first kappa shape index (κ1) is 16.8. The van der Waals surface area contributed by atoms with E-state index in [-0.39, 0.29) is 11.9 Å². The van der Waals surface area contributed by atoms with Crippen LogP contribution in [0, 0.1) is 0 Å². The zero-order valence-corrected chi connectivity index (χ0v) is 13.8. The van der Waals surface area contributed by atoms with Gasteiger partial charge in [0.2, 0.25) is 0 Å². The van der Waals surface area contributed by atoms with E-state index in [0.29, 0.717) is 12.2 Å². The molecule has 0 saturated heterocycles. The Balaban J connectivity index is 1.97. The van der Waals surface area contributed by atoms with Crippen LogP contribution in [-0.4, -0.2) is 24.0 Å². The summed E-state index contributed by atoms with van der Waals surface area (Å²) in [4.78, 5) is 16.2. The Morgan fingerprint density at radius 1 is 1.26 bits per heavy atom. The molecule has 1 aromatic carbocycles. The molecule has 1 unspecified atom stereocenters. The van der Waals surface area contributed by atoms with Crippen LogP contribution in [0.5, 0.6) is 5.75 Å². The van der Waals surface area contributed by atoms with Crippen LogP contribution in [0.3, 0.4) is 0 Å². The van der Waals surface area contributed by atoms with E-state index in [1.54, 1.807) is 19.4 Å². The average molecular weight is 313 g/mol. The topological polar surface area (TPSA) is 63.2 Å². The molecular formula is C18H23N3O2. The molecule has 0 spiro atoms. The highest BCUT2D eigenvalue weighted by molar-refractivity contribution is 5.93. The Kier molecular flexibility index (Phi) is 5.97. The van der Waals surface area contributed by atoms with Gasteiger partial charge in [0, 0.05) is 24.5 Å². The fourth-order valence-electron chi connectivity index (χ4n) is 2.01. The predicted octanol–water partition coefficient (Wildman–Crippen LogP) is 3.23. The maximum atomic E-state index is 12.1. The zero-order chi connectivity index (χ0) is 16.7. The number of anilines is 1. The van der Waals surface area contributed by atoms with Crippen LogP contribution < -0.4 is 15.4 Å². The summed E-state index contributed by atoms with van der Waals surface area (Å²) < 4.78 is 5.14. The van der Waals surface area contributed by atoms with Crippen LogP contribution >= 0.6 is 0 Å². The minimum absolute atomic E-state index is 0.139. The second kappa shape index (κ2) is 8.17. The molecule has 0 saturated carbocycles. The summed E-state index contributed by atoms with van der Waals surface area (Å²) in [5.74, 6) is 0.689. The molecule has 0 fully saturated rings. The van der Waals surface area contributed by atoms with E-state index in [1.807, 2.05) is 44.2 Å². The number of methoxy groups -OCH3 is 1. The summed E-state index contributed by atoms with van der Waals surface area (Å²) in [6, 6.07) is 11.6. The number of nitrogens with one attached hydrogen (secondary N) is 2. The third-order valence-corrected chi connectivity index (χ3v) is 3.64. The van der Waals surface area contributed by atoms with Crippen molar-refractivity contribution in [3.05, 3.63) is 53.9 Å². The number of carbonyl (C=O) groups excluding carboxylic acids is 1. The lowest BCUT2D eigenvalue weighted by atomic mass is 10.2. The molecule has 0 radical (unpaired) electrons. The number of ether oxygens (including phenoxy) is 1. The molecule has 1 atom stereocenters. The minimum atomic E-state index is -0.146. The van der Waals surface area contributed by atoms with Crippen LogP contribution in [0.1, 0.15) is 36.3 Å². The fraction of sp³-hybridized carbons (Fsp3) is 0.333. The van der Waals surface area contributed by atoms with Crippen molar-refractivity contribution in [1.82, 2.24) is 10.3 Å². The maximum absolute atomic E-state index is 12.1. The quantitative estimate of drug-likeness (QED) is 0.824. The molecule has 23 heavy (non-hydrogen) atoms. The summed E-state index contributed by atoms with van der Waals surface area (Å²) in [5, 5.41) is 6.22. The minimum Gasteiger partial charge on any atom is -0.497 e. The number of rotatable bonds is 7. The van der Waals surface area contributed by atoms with Gasteiger partial charge in [-0.05, 0) is 43.2 Å². The highest BCUT2D eigenvalue weighted by atomic mass is 16.5. The molecule has 122 valence electrons. The third kappa shape index (κ3) is 4.98. The Hall–Kier alpha value is -2.56. The van der Waals surface area contributed by atoms with Gasteiger partial charge in [0.1, 0.15) is 11.4 Å². The fourth-order valence-corrected chi connectivity index (χ4v) is 2.01. The lowest BCUT2D eigenvalue weighted by molar-refractivity contribution is 0.0934. The first-order valence-corrected chi connectivity index (χ1v) is 7.76. The molecule has 5 nitrogen and oxygen atoms in total. The molecule has 0 aliphatic rings. The number of benzene rings is 1. The number of carbonyl (C=O) groups is 1. The Bertz CT molecular complexity index is 641. The van der Waals surface area contributed by atoms with Gasteiger partial charge in [-0.2, -0.15) is 0 Å². The lowest BCUT2D eigenvalue weighted by Gasteiger charge is -2.12. The van der Waals surface area contributed by atoms with Crippen LogP contribution in [0.25, 0.3) is 0 Å². The van der Waals surface area contributed by atoms with Crippen LogP contribution in [0.15, 0.2) is 42.6 Å². The average Bonchev–Trinajstić information content (AvgIpc) is 2.60. The SMILES string of the molecule is CCC(C)NC(=O)c1cc(NCc2ccc(OC)cc2)ccn1. The van der Waals surface area contributed by atoms with Crippen molar-refractivity contribution in [3.8, 4) is 5.75 Å². The van der Waals surface area contributed by atoms with E-state index >= 15 is 0 Å². The molecule has 1 aromatic heterocycles. The van der Waals surface area contributed by atoms with Crippen molar-refractivity contribution < 1.29 is 9.53 Å². The first-order valence-electron chi connectivity index (χ1n) is 7.76. The number of aromatic nitrogens is 1. The maximum Gasteiger partial charge on any atom is 0.270 e. The number of hydrogen-bond donors (Lipinski definition) is 2. The molecule has 1 amide bonds. The monoisotopic (exact) mass is 313 g/mol. The van der Waals surface area contributed by atoms with Crippen molar-refractivity contribution in [2.24, 2.45) is 0 Å². The molecule has 2 aromatic rings. The van der Waals surface area contributed by atoms with Crippen LogP contribution in [0.4, 0.5) is 5.69 Å². The molecular weight excluding hydrogens is 290 g/mol. The van der Waals surface area contributed by atoms with Gasteiger partial charge in [-0.15, -0.1) is 0 Å². The lowest BCUT2D eigenvalue weighted by Crippen LogP contribution is -2.32. The highest BCUT2D eigenvalue weighted by Gasteiger charge is 2.10. The highest BCUT2D eigenvalue weighted by Crippen LogP contribution is 2.14. The summed E-state index contributed by atoms with van der Waals surface area (Å²) in [6.45, 7) is 4.68. The number of amides is 1. The van der Waals surface area contributed by atoms with E-state index in [0.717, 1.165) is 23.4 Å². The molecule has 0 bridgehead atoms. The summed E-state index contributed by atoms with van der Waals surface area (Å²) in [7, 11) is 1.65. The molecule has 0 aliphatic carbocycles. The predicted molar refractivity (Wildman–Crippen MR) is 91.8 cm³/mol. The summed E-state index contributed by atoms with van der Waals surface area (Å²) in [5.41, 5.74) is 2.42.